The second-order valence-electron chi connectivity index (χ2n) is 3.83. The molecule has 1 rings (SSSR count). The number of amides is 1. The largest absolute Gasteiger partial charge is 0.478 e. The Bertz CT molecular complexity index is 521. The van der Waals surface area contributed by atoms with E-state index in [2.05, 4.69) is 0 Å². The fraction of sp³-hybridized carbons (Fsp3) is 0.167. The molecule has 0 fully saturated rings. The van der Waals surface area contributed by atoms with Crippen molar-refractivity contribution in [2.45, 2.75) is 0 Å². The van der Waals surface area contributed by atoms with Gasteiger partial charge >= 0.3 is 5.97 Å². The highest BCUT2D eigenvalue weighted by Gasteiger charge is 2.16. The number of carbonyl (C=O) groups excluding carboxylic acids is 1. The van der Waals surface area contributed by atoms with E-state index < -0.39 is 29.2 Å². The average molecular weight is 270 g/mol. The van der Waals surface area contributed by atoms with Gasteiger partial charge in [-0.25, -0.2) is 13.6 Å². The number of nitrogens with two attached hydrogens (primary N) is 1. The van der Waals surface area contributed by atoms with E-state index in [4.69, 9.17) is 10.8 Å². The second kappa shape index (κ2) is 5.94. The van der Waals surface area contributed by atoms with Gasteiger partial charge in [0, 0.05) is 13.1 Å². The average Bonchev–Trinajstić information content (AvgIpc) is 2.24. The first kappa shape index (κ1) is 14.6. The van der Waals surface area contributed by atoms with Crippen LogP contribution >= 0.6 is 0 Å². The van der Waals surface area contributed by atoms with Crippen LogP contribution in [-0.2, 0) is 9.59 Å². The number of carboxylic acid groups (broad SMARTS) is 1. The van der Waals surface area contributed by atoms with Crippen molar-refractivity contribution >= 4 is 23.6 Å². The van der Waals surface area contributed by atoms with Crippen LogP contribution in [0.3, 0.4) is 0 Å². The monoisotopic (exact) mass is 270 g/mol. The van der Waals surface area contributed by atoms with Crippen molar-refractivity contribution in [1.29, 1.82) is 0 Å². The second-order valence-corrected chi connectivity index (χ2v) is 3.83. The Morgan fingerprint density at radius 3 is 2.32 bits per heavy atom. The van der Waals surface area contributed by atoms with Gasteiger partial charge in [-0.15, -0.1) is 0 Å². The Morgan fingerprint density at radius 2 is 1.89 bits per heavy atom. The fourth-order valence-corrected chi connectivity index (χ4v) is 1.53. The SMILES string of the molecule is CN(CC(N)=O)c1c(F)cc(C=CC(=O)O)cc1F. The van der Waals surface area contributed by atoms with Gasteiger partial charge in [-0.3, -0.25) is 4.79 Å². The van der Waals surface area contributed by atoms with Crippen LogP contribution in [0.1, 0.15) is 5.56 Å². The molecule has 5 nitrogen and oxygen atoms in total. The molecular weight excluding hydrogens is 258 g/mol. The molecule has 0 aliphatic carbocycles. The number of carboxylic acids is 1. The van der Waals surface area contributed by atoms with E-state index in [0.717, 1.165) is 29.2 Å². The molecule has 7 heteroatoms. The maximum atomic E-state index is 13.7. The highest BCUT2D eigenvalue weighted by atomic mass is 19.1. The lowest BCUT2D eigenvalue weighted by molar-refractivity contribution is -0.131. The fourth-order valence-electron chi connectivity index (χ4n) is 1.53. The number of hydrogen-bond acceptors (Lipinski definition) is 3. The Balaban J connectivity index is 3.10. The maximum Gasteiger partial charge on any atom is 0.328 e. The topological polar surface area (TPSA) is 83.6 Å². The van der Waals surface area contributed by atoms with Crippen LogP contribution in [0.15, 0.2) is 18.2 Å². The van der Waals surface area contributed by atoms with Gasteiger partial charge in [0.25, 0.3) is 0 Å². The highest BCUT2D eigenvalue weighted by molar-refractivity contribution is 5.85. The third-order valence-corrected chi connectivity index (χ3v) is 2.23. The Hall–Kier alpha value is -2.44. The summed E-state index contributed by atoms with van der Waals surface area (Å²) in [5.74, 6) is -3.77. The van der Waals surface area contributed by atoms with Crippen molar-refractivity contribution in [2.75, 3.05) is 18.5 Å². The van der Waals surface area contributed by atoms with Crippen LogP contribution in [0.2, 0.25) is 0 Å². The van der Waals surface area contributed by atoms with E-state index in [1.807, 2.05) is 0 Å². The molecule has 0 bridgehead atoms. The van der Waals surface area contributed by atoms with E-state index in [-0.39, 0.29) is 12.1 Å². The van der Waals surface area contributed by atoms with Crippen LogP contribution in [0.25, 0.3) is 6.08 Å². The van der Waals surface area contributed by atoms with Gasteiger partial charge in [-0.1, -0.05) is 0 Å². The minimum Gasteiger partial charge on any atom is -0.478 e. The molecule has 102 valence electrons. The summed E-state index contributed by atoms with van der Waals surface area (Å²) >= 11 is 0. The predicted octanol–water partition coefficient (Wildman–Crippen LogP) is 0.984. The van der Waals surface area contributed by atoms with Crippen LogP contribution < -0.4 is 10.6 Å². The summed E-state index contributed by atoms with van der Waals surface area (Å²) in [6.07, 6.45) is 1.83. The van der Waals surface area contributed by atoms with E-state index >= 15 is 0 Å². The van der Waals surface area contributed by atoms with E-state index in [0.29, 0.717) is 0 Å². The van der Waals surface area contributed by atoms with Crippen LogP contribution in [-0.4, -0.2) is 30.6 Å². The zero-order valence-electron chi connectivity index (χ0n) is 10.1. The van der Waals surface area contributed by atoms with Crippen molar-refractivity contribution < 1.29 is 23.5 Å². The number of nitrogens with zero attached hydrogens (tertiary/aromatic N) is 1. The number of likely N-dealkylation sites (N-methyl/N-ethyl adjacent to an activating group) is 1. The van der Waals surface area contributed by atoms with Crippen molar-refractivity contribution in [3.63, 3.8) is 0 Å². The van der Waals surface area contributed by atoms with Gasteiger partial charge in [0.05, 0.1) is 6.54 Å². The third kappa shape index (κ3) is 4.06. The van der Waals surface area contributed by atoms with Gasteiger partial charge in [0.1, 0.15) is 17.3 Å². The normalized spacial score (nSPS) is 10.7. The Morgan fingerprint density at radius 1 is 1.37 bits per heavy atom. The van der Waals surface area contributed by atoms with E-state index in [9.17, 15) is 18.4 Å². The standard InChI is InChI=1S/C12H12F2N2O3/c1-16(6-10(15)17)12-8(13)4-7(5-9(12)14)2-3-11(18)19/h2-5H,6H2,1H3,(H2,15,17)(H,18,19). The molecular formula is C12H12F2N2O3. The number of hydrogen-bond donors (Lipinski definition) is 2. The molecule has 1 amide bonds. The first-order valence-corrected chi connectivity index (χ1v) is 5.20. The number of primary amides is 1. The smallest absolute Gasteiger partial charge is 0.328 e. The van der Waals surface area contributed by atoms with Gasteiger partial charge in [-0.2, -0.15) is 0 Å². The van der Waals surface area contributed by atoms with Crippen molar-refractivity contribution in [1.82, 2.24) is 0 Å². The zero-order chi connectivity index (χ0) is 14.6. The molecule has 1 aromatic rings. The molecule has 0 heterocycles. The first-order valence-electron chi connectivity index (χ1n) is 5.20. The van der Waals surface area contributed by atoms with Gasteiger partial charge < -0.3 is 15.7 Å². The summed E-state index contributed by atoms with van der Waals surface area (Å²) < 4.78 is 27.4. The molecule has 0 spiro atoms. The number of anilines is 1. The quantitative estimate of drug-likeness (QED) is 0.781. The Kier molecular flexibility index (Phi) is 4.57. The molecule has 0 saturated carbocycles. The molecule has 0 saturated heterocycles. The summed E-state index contributed by atoms with van der Waals surface area (Å²) in [5, 5.41) is 8.42. The van der Waals surface area contributed by atoms with Gasteiger partial charge in [0.2, 0.25) is 5.91 Å². The molecule has 0 aliphatic heterocycles. The zero-order valence-corrected chi connectivity index (χ0v) is 10.1. The van der Waals surface area contributed by atoms with Crippen molar-refractivity contribution in [2.24, 2.45) is 5.73 Å². The molecule has 0 aromatic heterocycles. The van der Waals surface area contributed by atoms with E-state index in [1.54, 1.807) is 0 Å². The highest BCUT2D eigenvalue weighted by Crippen LogP contribution is 2.24. The molecule has 0 atom stereocenters. The lowest BCUT2D eigenvalue weighted by Gasteiger charge is -2.19. The van der Waals surface area contributed by atoms with E-state index in [1.165, 1.54) is 7.05 Å². The van der Waals surface area contributed by atoms with Gasteiger partial charge in [-0.05, 0) is 23.8 Å². The Labute approximate surface area is 107 Å². The predicted molar refractivity (Wildman–Crippen MR) is 65.5 cm³/mol. The molecule has 0 radical (unpaired) electrons. The summed E-state index contributed by atoms with van der Waals surface area (Å²) in [6, 6.07) is 1.94. The minimum absolute atomic E-state index is 0.0635. The lowest BCUT2D eigenvalue weighted by Crippen LogP contribution is -2.31. The lowest BCUT2D eigenvalue weighted by atomic mass is 10.1. The summed E-state index contributed by atoms with van der Waals surface area (Å²) in [5.41, 5.74) is 4.61. The van der Waals surface area contributed by atoms with Crippen molar-refractivity contribution in [3.05, 3.63) is 35.4 Å². The molecule has 3 N–H and O–H groups in total. The molecule has 19 heavy (non-hydrogen) atoms. The maximum absolute atomic E-state index is 13.7. The summed E-state index contributed by atoms with van der Waals surface area (Å²) in [7, 11) is 1.32. The van der Waals surface area contributed by atoms with Crippen molar-refractivity contribution in [3.8, 4) is 0 Å². The minimum atomic E-state index is -1.23. The number of benzene rings is 1. The molecule has 0 aliphatic rings. The summed E-state index contributed by atoms with van der Waals surface area (Å²) in [4.78, 5) is 22.1. The van der Waals surface area contributed by atoms with Crippen LogP contribution in [0.5, 0.6) is 0 Å². The number of rotatable bonds is 5. The number of carbonyl (C=O) groups is 2. The summed E-state index contributed by atoms with van der Waals surface area (Å²) in [6.45, 7) is -0.335. The van der Waals surface area contributed by atoms with Crippen LogP contribution in [0, 0.1) is 11.6 Å². The van der Waals surface area contributed by atoms with Crippen LogP contribution in [0.4, 0.5) is 14.5 Å². The molecule has 0 unspecified atom stereocenters. The van der Waals surface area contributed by atoms with Gasteiger partial charge in [0.15, 0.2) is 0 Å². The number of aliphatic carboxylic acids is 1. The first-order chi connectivity index (χ1) is 8.81. The molecule has 1 aromatic carbocycles. The third-order valence-electron chi connectivity index (χ3n) is 2.23. The number of halogens is 2.